The molecule has 19 heavy (non-hydrogen) atoms. The van der Waals surface area contributed by atoms with E-state index in [2.05, 4.69) is 15.5 Å². The monoisotopic (exact) mass is 287 g/mol. The summed E-state index contributed by atoms with van der Waals surface area (Å²) in [6.45, 7) is 7.18. The maximum atomic E-state index is 11.9. The molecule has 1 aromatic rings. The Morgan fingerprint density at radius 2 is 2.05 bits per heavy atom. The van der Waals surface area contributed by atoms with Gasteiger partial charge >= 0.3 is 0 Å². The number of hydrogen-bond donors (Lipinski definition) is 2. The Bertz CT molecular complexity index is 559. The topological polar surface area (TPSA) is 91.9 Å². The lowest BCUT2D eigenvalue weighted by molar-refractivity contribution is 0.0945. The van der Waals surface area contributed by atoms with E-state index in [0.717, 1.165) is 11.9 Å². The van der Waals surface area contributed by atoms with Crippen LogP contribution in [-0.4, -0.2) is 42.1 Å². The van der Waals surface area contributed by atoms with E-state index in [1.165, 1.54) is 0 Å². The molecule has 0 aliphatic rings. The number of aromatic nitrogens is 2. The Labute approximate surface area is 113 Å². The summed E-state index contributed by atoms with van der Waals surface area (Å²) in [7, 11) is -3.23. The molecule has 1 rings (SSSR count). The van der Waals surface area contributed by atoms with E-state index >= 15 is 0 Å². The molecule has 0 saturated carbocycles. The van der Waals surface area contributed by atoms with Crippen molar-refractivity contribution >= 4 is 15.7 Å². The Kier molecular flexibility index (Phi) is 4.39. The molecule has 0 radical (unpaired) electrons. The van der Waals surface area contributed by atoms with Gasteiger partial charge in [0.1, 0.15) is 5.69 Å². The van der Waals surface area contributed by atoms with Gasteiger partial charge in [0.2, 0.25) is 0 Å². The van der Waals surface area contributed by atoms with Crippen molar-refractivity contribution in [2.45, 2.75) is 38.4 Å². The number of aromatic amines is 1. The van der Waals surface area contributed by atoms with Gasteiger partial charge in [-0.1, -0.05) is 13.8 Å². The smallest absolute Gasteiger partial charge is 0.271 e. The fourth-order valence-corrected chi connectivity index (χ4v) is 1.60. The maximum absolute atomic E-state index is 11.9. The van der Waals surface area contributed by atoms with Gasteiger partial charge in [0.05, 0.1) is 4.75 Å². The number of nitrogens with one attached hydrogen (secondary N) is 2. The third-order valence-corrected chi connectivity index (χ3v) is 5.28. The summed E-state index contributed by atoms with van der Waals surface area (Å²) < 4.78 is 22.0. The van der Waals surface area contributed by atoms with Crippen molar-refractivity contribution in [3.05, 3.63) is 17.5 Å². The minimum Gasteiger partial charge on any atom is -0.349 e. The zero-order valence-electron chi connectivity index (χ0n) is 11.9. The fourth-order valence-electron chi connectivity index (χ4n) is 1.26. The van der Waals surface area contributed by atoms with Gasteiger partial charge in [-0.25, -0.2) is 8.42 Å². The summed E-state index contributed by atoms with van der Waals surface area (Å²) in [5, 5.41) is 9.30. The van der Waals surface area contributed by atoms with E-state index in [4.69, 9.17) is 0 Å². The molecule has 0 aliphatic carbocycles. The second-order valence-corrected chi connectivity index (χ2v) is 8.23. The van der Waals surface area contributed by atoms with Crippen LogP contribution in [0.3, 0.4) is 0 Å². The first-order valence-electron chi connectivity index (χ1n) is 6.07. The third kappa shape index (κ3) is 3.79. The van der Waals surface area contributed by atoms with Crippen LogP contribution in [0.25, 0.3) is 0 Å². The lowest BCUT2D eigenvalue weighted by atomic mass is 10.1. The molecule has 108 valence electrons. The molecule has 1 heterocycles. The molecule has 6 nitrogen and oxygen atoms in total. The first-order chi connectivity index (χ1) is 8.54. The molecule has 0 aliphatic heterocycles. The number of H-pyrrole nitrogens is 1. The lowest BCUT2D eigenvalue weighted by Crippen LogP contribution is -2.43. The number of sulfone groups is 1. The van der Waals surface area contributed by atoms with Gasteiger partial charge in [0, 0.05) is 18.5 Å². The maximum Gasteiger partial charge on any atom is 0.271 e. The van der Waals surface area contributed by atoms with E-state index in [1.54, 1.807) is 19.9 Å². The van der Waals surface area contributed by atoms with Gasteiger partial charge in [-0.2, -0.15) is 5.10 Å². The van der Waals surface area contributed by atoms with Crippen LogP contribution in [0, 0.1) is 0 Å². The zero-order valence-corrected chi connectivity index (χ0v) is 12.8. The largest absolute Gasteiger partial charge is 0.349 e. The minimum absolute atomic E-state index is 0.0501. The molecule has 0 fully saturated rings. The molecular weight excluding hydrogens is 266 g/mol. The zero-order chi connectivity index (χ0) is 14.8. The summed E-state index contributed by atoms with van der Waals surface area (Å²) in [6, 6.07) is 1.67. The number of rotatable bonds is 5. The van der Waals surface area contributed by atoms with Crippen LogP contribution in [0.2, 0.25) is 0 Å². The van der Waals surface area contributed by atoms with Crippen molar-refractivity contribution in [2.75, 3.05) is 12.8 Å². The number of nitrogens with zero attached hydrogens (tertiary/aromatic N) is 1. The van der Waals surface area contributed by atoms with E-state index in [9.17, 15) is 13.2 Å². The Morgan fingerprint density at radius 3 is 2.47 bits per heavy atom. The highest BCUT2D eigenvalue weighted by Crippen LogP contribution is 2.14. The normalized spacial score (nSPS) is 12.7. The van der Waals surface area contributed by atoms with Gasteiger partial charge < -0.3 is 5.32 Å². The van der Waals surface area contributed by atoms with Crippen molar-refractivity contribution in [1.29, 1.82) is 0 Å². The summed E-state index contributed by atoms with van der Waals surface area (Å²) in [6.07, 6.45) is 1.16. The molecule has 0 unspecified atom stereocenters. The highest BCUT2D eigenvalue weighted by atomic mass is 32.2. The predicted molar refractivity (Wildman–Crippen MR) is 73.9 cm³/mol. The van der Waals surface area contributed by atoms with E-state index in [-0.39, 0.29) is 24.1 Å². The van der Waals surface area contributed by atoms with Gasteiger partial charge in [0.25, 0.3) is 5.91 Å². The molecule has 0 saturated heterocycles. The van der Waals surface area contributed by atoms with Crippen LogP contribution in [0.1, 0.15) is 49.8 Å². The average Bonchev–Trinajstić information content (AvgIpc) is 2.73. The highest BCUT2D eigenvalue weighted by molar-refractivity contribution is 7.92. The first kappa shape index (κ1) is 15.7. The van der Waals surface area contributed by atoms with Crippen molar-refractivity contribution in [3.63, 3.8) is 0 Å². The SMILES string of the molecule is CC(C)c1cc(C(=O)NCC(C)(C)S(C)(=O)=O)n[nH]1. The quantitative estimate of drug-likeness (QED) is 0.848. The Hall–Kier alpha value is -1.37. The molecular formula is C12H21N3O3S. The van der Waals surface area contributed by atoms with E-state index in [0.29, 0.717) is 0 Å². The third-order valence-electron chi connectivity index (χ3n) is 3.13. The van der Waals surface area contributed by atoms with Gasteiger partial charge in [-0.15, -0.1) is 0 Å². The molecule has 0 aromatic carbocycles. The van der Waals surface area contributed by atoms with Crippen molar-refractivity contribution < 1.29 is 13.2 Å². The number of carbonyl (C=O) groups is 1. The van der Waals surface area contributed by atoms with Crippen molar-refractivity contribution in [2.24, 2.45) is 0 Å². The minimum atomic E-state index is -3.23. The van der Waals surface area contributed by atoms with Crippen LogP contribution in [0.4, 0.5) is 0 Å². The summed E-state index contributed by atoms with van der Waals surface area (Å²) in [5.41, 5.74) is 1.14. The van der Waals surface area contributed by atoms with E-state index in [1.807, 2.05) is 13.8 Å². The van der Waals surface area contributed by atoms with Gasteiger partial charge in [-0.3, -0.25) is 9.89 Å². The van der Waals surface area contributed by atoms with Gasteiger partial charge in [-0.05, 0) is 25.8 Å². The van der Waals surface area contributed by atoms with Crippen molar-refractivity contribution in [3.8, 4) is 0 Å². The molecule has 2 N–H and O–H groups in total. The standard InChI is InChI=1S/C12H21N3O3S/c1-8(2)9-6-10(15-14-9)11(16)13-7-12(3,4)19(5,17)18/h6,8H,7H2,1-5H3,(H,13,16)(H,14,15). The molecule has 7 heteroatoms. The molecule has 0 bridgehead atoms. The summed E-state index contributed by atoms with van der Waals surface area (Å²) in [4.78, 5) is 11.9. The second kappa shape index (κ2) is 5.32. The van der Waals surface area contributed by atoms with Crippen LogP contribution >= 0.6 is 0 Å². The van der Waals surface area contributed by atoms with Crippen LogP contribution < -0.4 is 5.32 Å². The first-order valence-corrected chi connectivity index (χ1v) is 7.97. The molecule has 0 atom stereocenters. The number of hydrogen-bond acceptors (Lipinski definition) is 4. The molecule has 1 aromatic heterocycles. The van der Waals surface area contributed by atoms with Crippen LogP contribution in [-0.2, 0) is 9.84 Å². The van der Waals surface area contributed by atoms with Crippen LogP contribution in [0.5, 0.6) is 0 Å². The highest BCUT2D eigenvalue weighted by Gasteiger charge is 2.30. The van der Waals surface area contributed by atoms with Crippen molar-refractivity contribution in [1.82, 2.24) is 15.5 Å². The van der Waals surface area contributed by atoms with Crippen LogP contribution in [0.15, 0.2) is 6.07 Å². The summed E-state index contributed by atoms with van der Waals surface area (Å²) in [5.74, 6) is -0.124. The predicted octanol–water partition coefficient (Wildman–Crippen LogP) is 1.09. The summed E-state index contributed by atoms with van der Waals surface area (Å²) >= 11 is 0. The Balaban J connectivity index is 2.71. The lowest BCUT2D eigenvalue weighted by Gasteiger charge is -2.22. The molecule has 1 amide bonds. The fraction of sp³-hybridized carbons (Fsp3) is 0.667. The van der Waals surface area contributed by atoms with Gasteiger partial charge in [0.15, 0.2) is 9.84 Å². The second-order valence-electron chi connectivity index (χ2n) is 5.58. The number of carbonyl (C=O) groups excluding carboxylic acids is 1. The number of amides is 1. The Morgan fingerprint density at radius 1 is 1.47 bits per heavy atom. The average molecular weight is 287 g/mol. The van der Waals surface area contributed by atoms with E-state index < -0.39 is 14.6 Å². The molecule has 0 spiro atoms.